The number of aromatic nitrogens is 1. The van der Waals surface area contributed by atoms with Crippen molar-refractivity contribution in [2.75, 3.05) is 19.7 Å². The molecule has 3 heterocycles. The van der Waals surface area contributed by atoms with Crippen LogP contribution in [0.15, 0.2) is 22.8 Å². The molecule has 1 N–H and O–H groups in total. The highest BCUT2D eigenvalue weighted by molar-refractivity contribution is 9.10. The average Bonchev–Trinajstić information content (AvgIpc) is 2.74. The van der Waals surface area contributed by atoms with Crippen LogP contribution in [0.2, 0.25) is 0 Å². The molecule has 6 heteroatoms. The molecule has 2 aliphatic rings. The summed E-state index contributed by atoms with van der Waals surface area (Å²) in [6.45, 7) is 3.27. The summed E-state index contributed by atoms with van der Waals surface area (Å²) in [6.07, 6.45) is 1.60. The third-order valence-corrected chi connectivity index (χ3v) is 4.26. The Morgan fingerprint density at radius 2 is 2.21 bits per heavy atom. The van der Waals surface area contributed by atoms with Gasteiger partial charge in [-0.1, -0.05) is 6.07 Å². The molecule has 5 nitrogen and oxygen atoms in total. The first kappa shape index (κ1) is 12.9. The largest absolute Gasteiger partial charge is 0.447 e. The fourth-order valence-corrected chi connectivity index (χ4v) is 3.05. The van der Waals surface area contributed by atoms with E-state index in [1.54, 1.807) is 0 Å². The van der Waals surface area contributed by atoms with Gasteiger partial charge < -0.3 is 10.1 Å². The van der Waals surface area contributed by atoms with Crippen molar-refractivity contribution in [3.63, 3.8) is 0 Å². The molecule has 102 valence electrons. The van der Waals surface area contributed by atoms with Crippen LogP contribution in [-0.4, -0.2) is 41.2 Å². The number of likely N-dealkylation sites (tertiary alicyclic amines) is 1. The summed E-state index contributed by atoms with van der Waals surface area (Å²) >= 11 is 3.39. The van der Waals surface area contributed by atoms with E-state index in [0.717, 1.165) is 42.8 Å². The molecule has 3 rings (SSSR count). The number of carbonyl (C=O) groups is 1. The normalized spacial score (nSPS) is 22.3. The van der Waals surface area contributed by atoms with Gasteiger partial charge in [0, 0.05) is 19.6 Å². The molecular weight excluding hydrogens is 310 g/mol. The number of alkyl carbamates (subject to hydrolysis) is 1. The van der Waals surface area contributed by atoms with Gasteiger partial charge in [0.1, 0.15) is 11.2 Å². The fraction of sp³-hybridized carbons (Fsp3) is 0.538. The standard InChI is InChI=1S/C13H16BrN3O2/c14-11-3-1-2-10(15-11)8-17-6-4-13(5-7-17)9-19-12(18)16-13/h1-3H,4-9H2,(H,16,18). The van der Waals surface area contributed by atoms with Gasteiger partial charge in [-0.2, -0.15) is 0 Å². The van der Waals surface area contributed by atoms with Crippen molar-refractivity contribution in [2.24, 2.45) is 0 Å². The van der Waals surface area contributed by atoms with Gasteiger partial charge in [-0.3, -0.25) is 4.90 Å². The number of amides is 1. The van der Waals surface area contributed by atoms with Gasteiger partial charge >= 0.3 is 6.09 Å². The first-order chi connectivity index (χ1) is 9.15. The van der Waals surface area contributed by atoms with Crippen molar-refractivity contribution in [3.8, 4) is 0 Å². The number of hydrogen-bond acceptors (Lipinski definition) is 4. The van der Waals surface area contributed by atoms with Crippen molar-refractivity contribution in [1.82, 2.24) is 15.2 Å². The zero-order valence-electron chi connectivity index (χ0n) is 10.6. The Bertz CT molecular complexity index is 487. The molecule has 0 radical (unpaired) electrons. The molecule has 19 heavy (non-hydrogen) atoms. The molecule has 0 aromatic carbocycles. The number of hydrogen-bond donors (Lipinski definition) is 1. The van der Waals surface area contributed by atoms with E-state index < -0.39 is 0 Å². The number of pyridine rings is 1. The Morgan fingerprint density at radius 1 is 1.42 bits per heavy atom. The SMILES string of the molecule is O=C1NC2(CCN(Cc3cccc(Br)n3)CC2)CO1. The zero-order chi connectivity index (χ0) is 13.3. The average molecular weight is 326 g/mol. The van der Waals surface area contributed by atoms with Gasteiger partial charge in [0.25, 0.3) is 0 Å². The van der Waals surface area contributed by atoms with Gasteiger partial charge in [-0.05, 0) is 40.9 Å². The maximum atomic E-state index is 11.2. The number of nitrogens with zero attached hydrogens (tertiary/aromatic N) is 2. The topological polar surface area (TPSA) is 54.5 Å². The summed E-state index contributed by atoms with van der Waals surface area (Å²) in [7, 11) is 0. The predicted molar refractivity (Wildman–Crippen MR) is 73.7 cm³/mol. The molecule has 1 aromatic heterocycles. The van der Waals surface area contributed by atoms with E-state index in [-0.39, 0.29) is 11.6 Å². The summed E-state index contributed by atoms with van der Waals surface area (Å²) in [4.78, 5) is 18.0. The van der Waals surface area contributed by atoms with E-state index in [9.17, 15) is 4.79 Å². The molecule has 0 bridgehead atoms. The highest BCUT2D eigenvalue weighted by atomic mass is 79.9. The summed E-state index contributed by atoms with van der Waals surface area (Å²) in [5, 5.41) is 2.95. The number of carbonyl (C=O) groups excluding carboxylic acids is 1. The Labute approximate surface area is 120 Å². The van der Waals surface area contributed by atoms with Crippen molar-refractivity contribution >= 4 is 22.0 Å². The maximum Gasteiger partial charge on any atom is 0.407 e. The molecule has 0 atom stereocenters. The van der Waals surface area contributed by atoms with E-state index in [2.05, 4.69) is 31.1 Å². The summed E-state index contributed by atoms with van der Waals surface area (Å²) in [6, 6.07) is 5.97. The molecule has 0 unspecified atom stereocenters. The van der Waals surface area contributed by atoms with Crippen LogP contribution in [-0.2, 0) is 11.3 Å². The van der Waals surface area contributed by atoms with Crippen LogP contribution in [0.5, 0.6) is 0 Å². The number of halogens is 1. The Morgan fingerprint density at radius 3 is 2.84 bits per heavy atom. The predicted octanol–water partition coefficient (Wildman–Crippen LogP) is 1.92. The van der Waals surface area contributed by atoms with Crippen molar-refractivity contribution in [2.45, 2.75) is 24.9 Å². The van der Waals surface area contributed by atoms with Crippen LogP contribution in [0, 0.1) is 0 Å². The second-order valence-corrected chi connectivity index (χ2v) is 6.02. The van der Waals surface area contributed by atoms with Crippen LogP contribution in [0.4, 0.5) is 4.79 Å². The molecule has 2 aliphatic heterocycles. The second kappa shape index (κ2) is 5.09. The smallest absolute Gasteiger partial charge is 0.407 e. The first-order valence-corrected chi connectivity index (χ1v) is 7.23. The maximum absolute atomic E-state index is 11.2. The summed E-state index contributed by atoms with van der Waals surface area (Å²) in [5.41, 5.74) is 0.940. The Kier molecular flexibility index (Phi) is 3.45. The minimum atomic E-state index is -0.276. The Hall–Kier alpha value is -1.14. The number of nitrogens with one attached hydrogen (secondary N) is 1. The van der Waals surface area contributed by atoms with Gasteiger partial charge in [-0.15, -0.1) is 0 Å². The minimum absolute atomic E-state index is 0.127. The van der Waals surface area contributed by atoms with Crippen molar-refractivity contribution in [3.05, 3.63) is 28.5 Å². The Balaban J connectivity index is 1.57. The third kappa shape index (κ3) is 2.90. The molecule has 1 amide bonds. The van der Waals surface area contributed by atoms with Gasteiger partial charge in [-0.25, -0.2) is 9.78 Å². The van der Waals surface area contributed by atoms with Crippen LogP contribution < -0.4 is 5.32 Å². The van der Waals surface area contributed by atoms with Gasteiger partial charge in [0.2, 0.25) is 0 Å². The first-order valence-electron chi connectivity index (χ1n) is 6.44. The number of piperidine rings is 1. The molecular formula is C13H16BrN3O2. The summed E-state index contributed by atoms with van der Waals surface area (Å²) < 4.78 is 5.90. The number of ether oxygens (including phenoxy) is 1. The number of cyclic esters (lactones) is 1. The second-order valence-electron chi connectivity index (χ2n) is 5.21. The molecule has 2 fully saturated rings. The van der Waals surface area contributed by atoms with E-state index in [1.165, 1.54) is 0 Å². The highest BCUT2D eigenvalue weighted by Crippen LogP contribution is 2.27. The van der Waals surface area contributed by atoms with Gasteiger partial charge in [0.15, 0.2) is 0 Å². The molecule has 1 aromatic rings. The minimum Gasteiger partial charge on any atom is -0.447 e. The molecule has 0 saturated carbocycles. The monoisotopic (exact) mass is 325 g/mol. The lowest BCUT2D eigenvalue weighted by molar-refractivity contribution is 0.123. The number of rotatable bonds is 2. The zero-order valence-corrected chi connectivity index (χ0v) is 12.1. The van der Waals surface area contributed by atoms with E-state index in [1.807, 2.05) is 18.2 Å². The highest BCUT2D eigenvalue weighted by Gasteiger charge is 2.41. The van der Waals surface area contributed by atoms with Crippen molar-refractivity contribution in [1.29, 1.82) is 0 Å². The molecule has 0 aliphatic carbocycles. The third-order valence-electron chi connectivity index (χ3n) is 3.82. The van der Waals surface area contributed by atoms with Gasteiger partial charge in [0.05, 0.1) is 11.2 Å². The van der Waals surface area contributed by atoms with E-state index in [4.69, 9.17) is 4.74 Å². The van der Waals surface area contributed by atoms with Crippen LogP contribution in [0.3, 0.4) is 0 Å². The summed E-state index contributed by atoms with van der Waals surface area (Å²) in [5.74, 6) is 0. The van der Waals surface area contributed by atoms with Crippen LogP contribution >= 0.6 is 15.9 Å². The molecule has 2 saturated heterocycles. The van der Waals surface area contributed by atoms with Crippen molar-refractivity contribution < 1.29 is 9.53 Å². The van der Waals surface area contributed by atoms with Crippen LogP contribution in [0.25, 0.3) is 0 Å². The van der Waals surface area contributed by atoms with E-state index in [0.29, 0.717) is 6.61 Å². The lowest BCUT2D eigenvalue weighted by Crippen LogP contribution is -2.52. The molecule has 1 spiro atoms. The quantitative estimate of drug-likeness (QED) is 0.844. The fourth-order valence-electron chi connectivity index (χ4n) is 2.67. The van der Waals surface area contributed by atoms with Crippen LogP contribution in [0.1, 0.15) is 18.5 Å². The lowest BCUT2D eigenvalue weighted by Gasteiger charge is -2.37. The van der Waals surface area contributed by atoms with E-state index >= 15 is 0 Å². The lowest BCUT2D eigenvalue weighted by atomic mass is 9.89.